The van der Waals surface area contributed by atoms with E-state index in [1.165, 1.54) is 76.7 Å². The van der Waals surface area contributed by atoms with Crippen LogP contribution in [0.3, 0.4) is 0 Å². The number of carboxylic acids is 1. The van der Waals surface area contributed by atoms with Gasteiger partial charge in [0.15, 0.2) is 0 Å². The quantitative estimate of drug-likeness (QED) is 0.360. The third-order valence-electron chi connectivity index (χ3n) is 12.0. The summed E-state index contributed by atoms with van der Waals surface area (Å²) in [4.78, 5) is 34.0. The number of imidazole rings is 1. The Balaban J connectivity index is 1.08. The maximum Gasteiger partial charge on any atom is 0.335 e. The number of H-pyrrole nitrogens is 1. The third kappa shape index (κ3) is 4.24. The van der Waals surface area contributed by atoms with Gasteiger partial charge in [-0.2, -0.15) is 0 Å². The fourth-order valence-corrected chi connectivity index (χ4v) is 11.2. The van der Waals surface area contributed by atoms with Crippen LogP contribution in [-0.4, -0.2) is 27.0 Å². The average Bonchev–Trinajstić information content (AvgIpc) is 3.30. The molecule has 0 aliphatic heterocycles. The lowest BCUT2D eigenvalue weighted by atomic mass is 9.48. The number of amides is 1. The molecule has 8 bridgehead atoms. The molecule has 39 heavy (non-hydrogen) atoms. The van der Waals surface area contributed by atoms with Gasteiger partial charge in [-0.3, -0.25) is 4.79 Å². The highest BCUT2D eigenvalue weighted by atomic mass is 16.4. The van der Waals surface area contributed by atoms with Gasteiger partial charge in [-0.1, -0.05) is 6.07 Å². The second kappa shape index (κ2) is 8.94. The number of aromatic amines is 1. The standard InChI is InChI=1S/C33H41N3O3/c37-31(34-26-3-1-2-23(14-26)32(38)39)29-27(4-5-33-15-20-7-21(16-33)9-22(8-20)17-33)35-30(36-29)28-24-10-18-6-19(12-24)13-25(28)11-18/h1-3,14,18-22,24-25,28H,4-13,15-17H2,(H,34,37)(H,35,36)(H,38,39). The number of aromatic carboxylic acids is 1. The molecule has 0 radical (unpaired) electrons. The number of carbonyl (C=O) groups excluding carboxylic acids is 1. The molecule has 0 spiro atoms. The van der Waals surface area contributed by atoms with E-state index in [4.69, 9.17) is 4.98 Å². The van der Waals surface area contributed by atoms with Crippen LogP contribution in [0.25, 0.3) is 0 Å². The number of nitrogens with one attached hydrogen (secondary N) is 2. The summed E-state index contributed by atoms with van der Waals surface area (Å²) in [7, 11) is 0. The minimum atomic E-state index is -0.994. The number of carboxylic acid groups (broad SMARTS) is 1. The molecule has 8 saturated carbocycles. The molecule has 0 saturated heterocycles. The second-order valence-corrected chi connectivity index (χ2v) is 14.7. The van der Waals surface area contributed by atoms with E-state index in [0.717, 1.165) is 53.9 Å². The van der Waals surface area contributed by atoms with E-state index in [1.54, 1.807) is 18.2 Å². The summed E-state index contributed by atoms with van der Waals surface area (Å²) in [5.41, 5.74) is 2.66. The van der Waals surface area contributed by atoms with Gasteiger partial charge in [-0.05, 0) is 149 Å². The molecule has 8 aliphatic rings. The monoisotopic (exact) mass is 527 g/mol. The Labute approximate surface area is 230 Å². The number of benzene rings is 1. The zero-order chi connectivity index (χ0) is 26.3. The van der Waals surface area contributed by atoms with Crippen molar-refractivity contribution in [1.82, 2.24) is 9.97 Å². The van der Waals surface area contributed by atoms with Gasteiger partial charge in [0.2, 0.25) is 0 Å². The Kier molecular flexibility index (Phi) is 5.54. The van der Waals surface area contributed by atoms with Crippen molar-refractivity contribution in [2.45, 2.75) is 89.4 Å². The summed E-state index contributed by atoms with van der Waals surface area (Å²) in [5, 5.41) is 12.4. The van der Waals surface area contributed by atoms with Crippen molar-refractivity contribution in [3.05, 3.63) is 47.0 Å². The molecule has 1 aromatic heterocycles. The number of nitrogens with zero attached hydrogens (tertiary/aromatic N) is 1. The first-order valence-electron chi connectivity index (χ1n) is 15.6. The van der Waals surface area contributed by atoms with Crippen LogP contribution in [0.5, 0.6) is 0 Å². The summed E-state index contributed by atoms with van der Waals surface area (Å²) in [6, 6.07) is 6.51. The fraction of sp³-hybridized carbons (Fsp3) is 0.667. The number of hydrogen-bond donors (Lipinski definition) is 3. The van der Waals surface area contributed by atoms with Crippen molar-refractivity contribution in [3.63, 3.8) is 0 Å². The van der Waals surface area contributed by atoms with E-state index in [-0.39, 0.29) is 11.5 Å². The molecule has 6 heteroatoms. The highest BCUT2D eigenvalue weighted by molar-refractivity contribution is 6.04. The number of aryl methyl sites for hydroxylation is 1. The molecule has 2 aromatic rings. The van der Waals surface area contributed by atoms with E-state index >= 15 is 0 Å². The first-order valence-corrected chi connectivity index (χ1v) is 15.6. The Morgan fingerprint density at radius 3 is 2.13 bits per heavy atom. The van der Waals surface area contributed by atoms with Crippen LogP contribution in [0, 0.1) is 46.8 Å². The molecule has 0 unspecified atom stereocenters. The molecule has 1 heterocycles. The molecule has 8 fully saturated rings. The second-order valence-electron chi connectivity index (χ2n) is 14.7. The van der Waals surface area contributed by atoms with Crippen LogP contribution in [-0.2, 0) is 6.42 Å². The van der Waals surface area contributed by atoms with Gasteiger partial charge in [0, 0.05) is 17.3 Å². The molecular formula is C33H41N3O3. The van der Waals surface area contributed by atoms with Crippen LogP contribution in [0.2, 0.25) is 0 Å². The van der Waals surface area contributed by atoms with Crippen molar-refractivity contribution in [2.75, 3.05) is 5.32 Å². The predicted molar refractivity (Wildman–Crippen MR) is 149 cm³/mol. The van der Waals surface area contributed by atoms with Gasteiger partial charge in [-0.15, -0.1) is 0 Å². The van der Waals surface area contributed by atoms with E-state index in [9.17, 15) is 14.7 Å². The van der Waals surface area contributed by atoms with Gasteiger partial charge in [0.25, 0.3) is 5.91 Å². The van der Waals surface area contributed by atoms with Gasteiger partial charge in [0.05, 0.1) is 5.56 Å². The molecular weight excluding hydrogens is 486 g/mol. The van der Waals surface area contributed by atoms with Crippen molar-refractivity contribution in [2.24, 2.45) is 46.8 Å². The summed E-state index contributed by atoms with van der Waals surface area (Å²) in [5.74, 6) is 6.26. The SMILES string of the molecule is O=C(O)c1cccc(NC(=O)c2nc(C3C4CC5CC(C4)CC3C5)[nH]c2CCC23CC4CC(CC(C4)C2)C3)c1. The normalized spacial score (nSPS) is 39.3. The summed E-state index contributed by atoms with van der Waals surface area (Å²) < 4.78 is 0. The molecule has 8 aliphatic carbocycles. The zero-order valence-corrected chi connectivity index (χ0v) is 22.8. The molecule has 1 aromatic carbocycles. The third-order valence-corrected chi connectivity index (χ3v) is 12.0. The highest BCUT2D eigenvalue weighted by Gasteiger charge is 2.51. The first-order chi connectivity index (χ1) is 18.9. The Morgan fingerprint density at radius 2 is 1.51 bits per heavy atom. The van der Waals surface area contributed by atoms with E-state index in [1.807, 2.05) is 0 Å². The van der Waals surface area contributed by atoms with Gasteiger partial charge >= 0.3 is 5.97 Å². The van der Waals surface area contributed by atoms with E-state index in [0.29, 0.717) is 34.6 Å². The Hall–Kier alpha value is -2.63. The van der Waals surface area contributed by atoms with Crippen molar-refractivity contribution in [1.29, 1.82) is 0 Å². The molecule has 3 N–H and O–H groups in total. The number of anilines is 1. The summed E-state index contributed by atoms with van der Waals surface area (Å²) in [6.07, 6.45) is 17.2. The molecule has 10 rings (SSSR count). The van der Waals surface area contributed by atoms with Crippen LogP contribution >= 0.6 is 0 Å². The van der Waals surface area contributed by atoms with E-state index in [2.05, 4.69) is 10.3 Å². The Morgan fingerprint density at radius 1 is 0.897 bits per heavy atom. The van der Waals surface area contributed by atoms with Gasteiger partial charge in [0.1, 0.15) is 11.5 Å². The number of carbonyl (C=O) groups is 2. The van der Waals surface area contributed by atoms with E-state index < -0.39 is 5.97 Å². The molecule has 0 atom stereocenters. The van der Waals surface area contributed by atoms with Crippen LogP contribution in [0.1, 0.15) is 115 Å². The lowest BCUT2D eigenvalue weighted by Crippen LogP contribution is -2.46. The van der Waals surface area contributed by atoms with Crippen molar-refractivity contribution in [3.8, 4) is 0 Å². The number of hydrogen-bond acceptors (Lipinski definition) is 3. The van der Waals surface area contributed by atoms with Crippen LogP contribution < -0.4 is 5.32 Å². The summed E-state index contributed by atoms with van der Waals surface area (Å²) >= 11 is 0. The maximum absolute atomic E-state index is 13.7. The largest absolute Gasteiger partial charge is 0.478 e. The van der Waals surface area contributed by atoms with Gasteiger partial charge in [-0.25, -0.2) is 9.78 Å². The molecule has 6 nitrogen and oxygen atoms in total. The lowest BCUT2D eigenvalue weighted by Gasteiger charge is -2.57. The van der Waals surface area contributed by atoms with Gasteiger partial charge < -0.3 is 15.4 Å². The molecule has 1 amide bonds. The fourth-order valence-electron chi connectivity index (χ4n) is 11.2. The summed E-state index contributed by atoms with van der Waals surface area (Å²) in [6.45, 7) is 0. The molecule has 206 valence electrons. The zero-order valence-electron chi connectivity index (χ0n) is 22.8. The highest BCUT2D eigenvalue weighted by Crippen LogP contribution is 2.62. The number of aromatic nitrogens is 2. The minimum absolute atomic E-state index is 0.172. The lowest BCUT2D eigenvalue weighted by molar-refractivity contribution is -0.0571. The average molecular weight is 528 g/mol. The maximum atomic E-state index is 13.7. The minimum Gasteiger partial charge on any atom is -0.478 e. The number of rotatable bonds is 7. The van der Waals surface area contributed by atoms with Crippen molar-refractivity contribution < 1.29 is 14.7 Å². The van der Waals surface area contributed by atoms with Crippen molar-refractivity contribution >= 4 is 17.6 Å². The Bertz CT molecular complexity index is 1250. The van der Waals surface area contributed by atoms with Crippen LogP contribution in [0.4, 0.5) is 5.69 Å². The van der Waals surface area contributed by atoms with Crippen LogP contribution in [0.15, 0.2) is 24.3 Å². The smallest absolute Gasteiger partial charge is 0.335 e. The first kappa shape index (κ1) is 24.2. The predicted octanol–water partition coefficient (Wildman–Crippen LogP) is 7.05. The topological polar surface area (TPSA) is 95.1 Å².